The summed E-state index contributed by atoms with van der Waals surface area (Å²) < 4.78 is 28.0. The highest BCUT2D eigenvalue weighted by molar-refractivity contribution is 5.52. The lowest BCUT2D eigenvalue weighted by Gasteiger charge is -2.36. The Balaban J connectivity index is 1.14. The molecule has 4 aliphatic rings. The van der Waals surface area contributed by atoms with Gasteiger partial charge in [-0.1, -0.05) is 86.2 Å². The van der Waals surface area contributed by atoms with Crippen molar-refractivity contribution in [3.63, 3.8) is 0 Å². The normalized spacial score (nSPS) is 23.7. The van der Waals surface area contributed by atoms with Crippen molar-refractivity contribution >= 4 is 0 Å². The van der Waals surface area contributed by atoms with Crippen molar-refractivity contribution < 1.29 is 23.7 Å². The van der Waals surface area contributed by atoms with E-state index in [0.717, 1.165) is 57.0 Å². The summed E-state index contributed by atoms with van der Waals surface area (Å²) in [5.41, 5.74) is 7.55. The van der Waals surface area contributed by atoms with Crippen LogP contribution in [0.25, 0.3) is 0 Å². The van der Waals surface area contributed by atoms with Crippen LogP contribution in [0, 0.1) is 0 Å². The molecule has 0 spiro atoms. The van der Waals surface area contributed by atoms with Crippen LogP contribution in [0.4, 0.5) is 0 Å². The zero-order valence-electron chi connectivity index (χ0n) is 26.2. The summed E-state index contributed by atoms with van der Waals surface area (Å²) in [5.74, 6) is 1.95. The molecule has 0 N–H and O–H groups in total. The Bertz CT molecular complexity index is 1490. The predicted molar refractivity (Wildman–Crippen MR) is 172 cm³/mol. The number of benzene rings is 3. The first-order chi connectivity index (χ1) is 21.4. The zero-order chi connectivity index (χ0) is 30.1. The summed E-state index contributed by atoms with van der Waals surface area (Å²) in [5, 5.41) is 0. The monoisotopic (exact) mass is 592 g/mol. The van der Waals surface area contributed by atoms with Gasteiger partial charge in [-0.3, -0.25) is 0 Å². The fraction of sp³-hybridized carbons (Fsp3) is 0.436. The average molecular weight is 593 g/mol. The van der Waals surface area contributed by atoms with Crippen molar-refractivity contribution in [2.45, 2.75) is 75.6 Å². The molecule has 4 unspecified atom stereocenters. The van der Waals surface area contributed by atoms with Crippen LogP contribution >= 0.6 is 0 Å². The lowest BCUT2D eigenvalue weighted by atomic mass is 9.67. The maximum absolute atomic E-state index is 6.04. The molecular weight excluding hydrogens is 548 g/mol. The molecule has 1 aliphatic carbocycles. The first-order valence-electron chi connectivity index (χ1n) is 16.2. The molecule has 3 saturated heterocycles. The van der Waals surface area contributed by atoms with Crippen molar-refractivity contribution in [3.05, 3.63) is 124 Å². The van der Waals surface area contributed by atoms with E-state index in [-0.39, 0.29) is 23.0 Å². The van der Waals surface area contributed by atoms with Gasteiger partial charge in [0.25, 0.3) is 0 Å². The minimum Gasteiger partial charge on any atom is -0.495 e. The number of allylic oxidation sites excluding steroid dienone is 4. The van der Waals surface area contributed by atoms with Gasteiger partial charge in [0, 0.05) is 17.3 Å². The van der Waals surface area contributed by atoms with E-state index in [4.69, 9.17) is 23.7 Å². The van der Waals surface area contributed by atoms with Gasteiger partial charge in [-0.25, -0.2) is 0 Å². The number of ether oxygens (including phenoxy) is 5. The highest BCUT2D eigenvalue weighted by atomic mass is 16.6. The minimum absolute atomic E-state index is 0.148. The van der Waals surface area contributed by atoms with Crippen molar-refractivity contribution in [1.29, 1.82) is 0 Å². The third-order valence-electron chi connectivity index (χ3n) is 9.90. The van der Waals surface area contributed by atoms with E-state index in [9.17, 15) is 0 Å². The SMILES string of the molecule is CC(C)(c1ccc(OCC2CO2)cc1)c1ccc(C(C)(C2=CC=C(OCC3CO3)CC2)c2ccc(CCC3CO3)cc2)cc1. The second-order valence-corrected chi connectivity index (χ2v) is 13.4. The maximum Gasteiger partial charge on any atom is 0.119 e. The molecule has 5 nitrogen and oxygen atoms in total. The van der Waals surface area contributed by atoms with Crippen molar-refractivity contribution in [2.24, 2.45) is 0 Å². The Morgan fingerprint density at radius 3 is 1.68 bits per heavy atom. The molecule has 3 aromatic rings. The summed E-state index contributed by atoms with van der Waals surface area (Å²) in [6.07, 6.45) is 9.48. The third-order valence-corrected chi connectivity index (χ3v) is 9.90. The van der Waals surface area contributed by atoms with E-state index in [1.165, 1.54) is 33.4 Å². The third kappa shape index (κ3) is 6.66. The van der Waals surface area contributed by atoms with Gasteiger partial charge >= 0.3 is 0 Å². The molecule has 5 heteroatoms. The lowest BCUT2D eigenvalue weighted by Crippen LogP contribution is -2.28. The molecular formula is C39H44O5. The number of hydrogen-bond acceptors (Lipinski definition) is 5. The highest BCUT2D eigenvalue weighted by Gasteiger charge is 2.35. The molecule has 0 aromatic heterocycles. The van der Waals surface area contributed by atoms with Gasteiger partial charge in [0.05, 0.1) is 31.7 Å². The number of aryl methyl sites for hydroxylation is 1. The summed E-state index contributed by atoms with van der Waals surface area (Å²) >= 11 is 0. The van der Waals surface area contributed by atoms with Crippen LogP contribution in [0.1, 0.15) is 67.9 Å². The Labute approximate surface area is 261 Å². The van der Waals surface area contributed by atoms with Crippen molar-refractivity contribution in [3.8, 4) is 5.75 Å². The van der Waals surface area contributed by atoms with E-state index in [0.29, 0.717) is 19.3 Å². The van der Waals surface area contributed by atoms with Crippen LogP contribution in [0.5, 0.6) is 5.75 Å². The van der Waals surface area contributed by atoms with Crippen LogP contribution in [-0.2, 0) is 36.2 Å². The second kappa shape index (κ2) is 12.2. The summed E-state index contributed by atoms with van der Waals surface area (Å²) in [6.45, 7) is 10.8. The van der Waals surface area contributed by atoms with Gasteiger partial charge in [0.1, 0.15) is 31.2 Å². The molecule has 0 radical (unpaired) electrons. The number of hydrogen-bond donors (Lipinski definition) is 0. The molecule has 0 amide bonds. The fourth-order valence-corrected chi connectivity index (χ4v) is 6.33. The molecule has 3 heterocycles. The van der Waals surface area contributed by atoms with Crippen LogP contribution in [0.2, 0.25) is 0 Å². The summed E-state index contributed by atoms with van der Waals surface area (Å²) in [6, 6.07) is 27.1. The standard InChI is InChI=1S/C39H44O5/c1-38(2,29-13-18-33(19-14-29)40-23-36-25-43-36)28-9-11-31(12-10-28)39(3,30-7-4-27(5-8-30)6-17-35-22-42-35)32-15-20-34(21-16-32)41-24-37-26-44-37/h4-5,7-15,18-20,35-37H,6,16-17,21-26H2,1-3H3. The Morgan fingerprint density at radius 2 is 1.14 bits per heavy atom. The maximum atomic E-state index is 6.04. The van der Waals surface area contributed by atoms with E-state index in [2.05, 4.69) is 106 Å². The van der Waals surface area contributed by atoms with Gasteiger partial charge in [-0.05, 0) is 72.2 Å². The Morgan fingerprint density at radius 1 is 0.614 bits per heavy atom. The van der Waals surface area contributed by atoms with E-state index in [1.807, 2.05) is 0 Å². The molecule has 44 heavy (non-hydrogen) atoms. The highest BCUT2D eigenvalue weighted by Crippen LogP contribution is 2.44. The van der Waals surface area contributed by atoms with E-state index in [1.54, 1.807) is 0 Å². The van der Waals surface area contributed by atoms with E-state index < -0.39 is 0 Å². The van der Waals surface area contributed by atoms with Crippen molar-refractivity contribution in [1.82, 2.24) is 0 Å². The molecule has 7 rings (SSSR count). The van der Waals surface area contributed by atoms with Gasteiger partial charge < -0.3 is 23.7 Å². The van der Waals surface area contributed by atoms with E-state index >= 15 is 0 Å². The molecule has 3 aromatic carbocycles. The predicted octanol–water partition coefficient (Wildman–Crippen LogP) is 7.45. The lowest BCUT2D eigenvalue weighted by molar-refractivity contribution is 0.174. The van der Waals surface area contributed by atoms with Crippen LogP contribution in [0.3, 0.4) is 0 Å². The van der Waals surface area contributed by atoms with Crippen LogP contribution < -0.4 is 4.74 Å². The number of rotatable bonds is 14. The number of epoxide rings is 3. The summed E-state index contributed by atoms with van der Waals surface area (Å²) in [7, 11) is 0. The van der Waals surface area contributed by atoms with Gasteiger partial charge in [-0.2, -0.15) is 0 Å². The Kier molecular flexibility index (Phi) is 8.13. The molecule has 3 fully saturated rings. The largest absolute Gasteiger partial charge is 0.495 e. The molecule has 0 saturated carbocycles. The quantitative estimate of drug-likeness (QED) is 0.182. The van der Waals surface area contributed by atoms with Crippen LogP contribution in [0.15, 0.2) is 96.3 Å². The van der Waals surface area contributed by atoms with Crippen LogP contribution in [-0.4, -0.2) is 51.3 Å². The second-order valence-electron chi connectivity index (χ2n) is 13.4. The smallest absolute Gasteiger partial charge is 0.119 e. The summed E-state index contributed by atoms with van der Waals surface area (Å²) in [4.78, 5) is 0. The Hall–Kier alpha value is -3.38. The molecule has 3 aliphatic heterocycles. The zero-order valence-corrected chi connectivity index (χ0v) is 26.2. The average Bonchev–Trinajstić information content (AvgIpc) is 3.91. The first kappa shape index (κ1) is 29.3. The van der Waals surface area contributed by atoms with Gasteiger partial charge in [-0.15, -0.1) is 0 Å². The van der Waals surface area contributed by atoms with Gasteiger partial charge in [0.15, 0.2) is 0 Å². The molecule has 230 valence electrons. The topological polar surface area (TPSA) is 56.0 Å². The molecule has 0 bridgehead atoms. The fourth-order valence-electron chi connectivity index (χ4n) is 6.33. The van der Waals surface area contributed by atoms with Gasteiger partial charge in [0.2, 0.25) is 0 Å². The van der Waals surface area contributed by atoms with Crippen molar-refractivity contribution in [2.75, 3.05) is 33.0 Å². The minimum atomic E-state index is -0.257. The first-order valence-corrected chi connectivity index (χ1v) is 16.2. The molecule has 4 atom stereocenters.